The zero-order chi connectivity index (χ0) is 22.4. The lowest BCUT2D eigenvalue weighted by Gasteiger charge is -2.25. The number of carbonyl (C=O) groups excluding carboxylic acids is 2. The van der Waals surface area contributed by atoms with Crippen molar-refractivity contribution >= 4 is 41.8 Å². The van der Waals surface area contributed by atoms with Crippen molar-refractivity contribution in [3.63, 3.8) is 0 Å². The van der Waals surface area contributed by atoms with E-state index in [1.54, 1.807) is 4.90 Å². The molecule has 2 aromatic heterocycles. The topological polar surface area (TPSA) is 144 Å². The number of carbonyl (C=O) groups is 2. The van der Waals surface area contributed by atoms with E-state index in [0.717, 1.165) is 30.2 Å². The SMILES string of the molecule is Cl.Nc1nn2c(O)c(C(=O)NC3CC3)c(=O)n(CC3CC3)c2c1/C=C/C(=O)N1CCOCC1. The summed E-state index contributed by atoms with van der Waals surface area (Å²) in [6.07, 6.45) is 6.57. The third-order valence-corrected chi connectivity index (χ3v) is 6.06. The number of hydrogen-bond donors (Lipinski definition) is 3. The molecule has 0 spiro atoms. The smallest absolute Gasteiger partial charge is 0.270 e. The lowest BCUT2D eigenvalue weighted by molar-refractivity contribution is -0.129. The van der Waals surface area contributed by atoms with Crippen LogP contribution >= 0.6 is 12.4 Å². The van der Waals surface area contributed by atoms with Crippen LogP contribution in [-0.2, 0) is 16.1 Å². The molecule has 2 aliphatic carbocycles. The maximum absolute atomic E-state index is 13.3. The summed E-state index contributed by atoms with van der Waals surface area (Å²) < 4.78 is 7.84. The average molecular weight is 479 g/mol. The molecule has 1 saturated heterocycles. The summed E-state index contributed by atoms with van der Waals surface area (Å²) in [4.78, 5) is 40.2. The third kappa shape index (κ3) is 4.55. The van der Waals surface area contributed by atoms with E-state index < -0.39 is 17.3 Å². The highest BCUT2D eigenvalue weighted by Crippen LogP contribution is 2.33. The van der Waals surface area contributed by atoms with E-state index >= 15 is 0 Å². The molecule has 2 amide bonds. The maximum atomic E-state index is 13.3. The Labute approximate surface area is 195 Å². The molecule has 33 heavy (non-hydrogen) atoms. The van der Waals surface area contributed by atoms with E-state index in [2.05, 4.69) is 10.4 Å². The molecule has 0 unspecified atom stereocenters. The van der Waals surface area contributed by atoms with Gasteiger partial charge in [-0.05, 0) is 37.7 Å². The molecule has 11 nitrogen and oxygen atoms in total. The Morgan fingerprint density at radius 3 is 2.55 bits per heavy atom. The number of morpholine rings is 1. The standard InChI is InChI=1S/C21H26N6O5.ClH/c22-17-14(5-6-15(28)25-7-9-32-10-8-25)19-26(11-12-1-2-12)20(30)16(21(31)27(19)24-17)18(29)23-13-3-4-13;/h5-6,12-13,31H,1-4,7-11H2,(H2,22,24)(H,23,29);1H/b6-5+;. The molecule has 4 N–H and O–H groups in total. The number of anilines is 1. The number of nitrogens with one attached hydrogen (secondary N) is 1. The number of nitrogens with two attached hydrogens (primary N) is 1. The molecule has 3 aliphatic rings. The Balaban J connectivity index is 0.00000259. The molecule has 0 atom stereocenters. The number of fused-ring (bicyclic) bond motifs is 1. The molecule has 2 saturated carbocycles. The van der Waals surface area contributed by atoms with Crippen molar-refractivity contribution in [3.8, 4) is 5.88 Å². The summed E-state index contributed by atoms with van der Waals surface area (Å²) in [7, 11) is 0. The van der Waals surface area contributed by atoms with Gasteiger partial charge in [-0.25, -0.2) is 0 Å². The molecule has 0 radical (unpaired) electrons. The predicted octanol–water partition coefficient (Wildman–Crippen LogP) is 0.380. The number of rotatable bonds is 6. The Morgan fingerprint density at radius 2 is 1.91 bits per heavy atom. The molecule has 3 heterocycles. The minimum atomic E-state index is -0.616. The fourth-order valence-corrected chi connectivity index (χ4v) is 3.89. The van der Waals surface area contributed by atoms with Gasteiger partial charge in [0, 0.05) is 31.8 Å². The van der Waals surface area contributed by atoms with Crippen LogP contribution in [0.2, 0.25) is 0 Å². The van der Waals surface area contributed by atoms with Crippen molar-refractivity contribution in [2.45, 2.75) is 38.3 Å². The highest BCUT2D eigenvalue weighted by Gasteiger charge is 2.32. The van der Waals surface area contributed by atoms with Gasteiger partial charge in [0.2, 0.25) is 11.8 Å². The number of ether oxygens (including phenoxy) is 1. The lowest BCUT2D eigenvalue weighted by Crippen LogP contribution is -2.39. The summed E-state index contributed by atoms with van der Waals surface area (Å²) in [6.45, 7) is 2.35. The van der Waals surface area contributed by atoms with Crippen LogP contribution in [0.15, 0.2) is 10.9 Å². The number of halogens is 1. The molecule has 3 fully saturated rings. The van der Waals surface area contributed by atoms with Crippen LogP contribution in [-0.4, -0.2) is 68.3 Å². The van der Waals surface area contributed by atoms with Crippen molar-refractivity contribution in [3.05, 3.63) is 27.6 Å². The minimum Gasteiger partial charge on any atom is -0.492 e. The van der Waals surface area contributed by atoms with Crippen molar-refractivity contribution in [1.29, 1.82) is 0 Å². The van der Waals surface area contributed by atoms with Gasteiger partial charge >= 0.3 is 0 Å². The third-order valence-electron chi connectivity index (χ3n) is 6.06. The summed E-state index contributed by atoms with van der Waals surface area (Å²) in [5.74, 6) is -1.01. The van der Waals surface area contributed by atoms with Crippen molar-refractivity contribution in [1.82, 2.24) is 24.4 Å². The Kier molecular flexibility index (Phi) is 6.35. The summed E-state index contributed by atoms with van der Waals surface area (Å²) in [6, 6.07) is 0.0289. The van der Waals surface area contributed by atoms with E-state index in [1.807, 2.05) is 0 Å². The van der Waals surface area contributed by atoms with Crippen LogP contribution in [0.5, 0.6) is 5.88 Å². The van der Waals surface area contributed by atoms with Gasteiger partial charge < -0.3 is 25.8 Å². The van der Waals surface area contributed by atoms with Gasteiger partial charge in [-0.2, -0.15) is 4.52 Å². The first-order valence-corrected chi connectivity index (χ1v) is 10.9. The molecule has 12 heteroatoms. The Hall–Kier alpha value is -3.05. The predicted molar refractivity (Wildman–Crippen MR) is 122 cm³/mol. The van der Waals surface area contributed by atoms with Crippen molar-refractivity contribution in [2.24, 2.45) is 5.92 Å². The second kappa shape index (κ2) is 9.06. The number of hydrogen-bond acceptors (Lipinski definition) is 7. The molecular weight excluding hydrogens is 452 g/mol. The van der Waals surface area contributed by atoms with Crippen LogP contribution in [0.1, 0.15) is 41.6 Å². The van der Waals surface area contributed by atoms with Gasteiger partial charge in [-0.1, -0.05) is 0 Å². The first kappa shape index (κ1) is 23.1. The first-order chi connectivity index (χ1) is 15.4. The highest BCUT2D eigenvalue weighted by molar-refractivity contribution is 5.97. The summed E-state index contributed by atoms with van der Waals surface area (Å²) in [5.41, 5.74) is 5.81. The van der Waals surface area contributed by atoms with Crippen molar-refractivity contribution in [2.75, 3.05) is 32.0 Å². The van der Waals surface area contributed by atoms with Crippen LogP contribution in [0, 0.1) is 5.92 Å². The number of nitrogens with zero attached hydrogens (tertiary/aromatic N) is 4. The van der Waals surface area contributed by atoms with Gasteiger partial charge in [0.05, 0.1) is 18.8 Å². The Bertz CT molecular complexity index is 1170. The first-order valence-electron chi connectivity index (χ1n) is 10.9. The second-order valence-corrected chi connectivity index (χ2v) is 8.61. The highest BCUT2D eigenvalue weighted by atomic mass is 35.5. The largest absolute Gasteiger partial charge is 0.492 e. The van der Waals surface area contributed by atoms with Crippen LogP contribution < -0.4 is 16.6 Å². The number of aromatic hydroxyl groups is 1. The van der Waals surface area contributed by atoms with Gasteiger partial charge in [0.15, 0.2) is 17.0 Å². The number of aromatic nitrogens is 3. The van der Waals surface area contributed by atoms with E-state index in [0.29, 0.717) is 44.3 Å². The fraction of sp³-hybridized carbons (Fsp3) is 0.524. The van der Waals surface area contributed by atoms with E-state index in [9.17, 15) is 19.5 Å². The monoisotopic (exact) mass is 478 g/mol. The quantitative estimate of drug-likeness (QED) is 0.509. The molecule has 0 bridgehead atoms. The molecular formula is C21H27ClN6O5. The van der Waals surface area contributed by atoms with Gasteiger partial charge in [0.25, 0.3) is 11.5 Å². The minimum absolute atomic E-state index is 0. The molecule has 2 aromatic rings. The van der Waals surface area contributed by atoms with Gasteiger partial charge in [-0.15, -0.1) is 17.5 Å². The van der Waals surface area contributed by atoms with Crippen LogP contribution in [0.4, 0.5) is 5.82 Å². The number of amides is 2. The molecule has 5 rings (SSSR count). The average Bonchev–Trinajstić information content (AvgIpc) is 3.71. The summed E-state index contributed by atoms with van der Waals surface area (Å²) >= 11 is 0. The molecule has 0 aromatic carbocycles. The Morgan fingerprint density at radius 1 is 1.21 bits per heavy atom. The van der Waals surface area contributed by atoms with E-state index in [1.165, 1.54) is 16.7 Å². The zero-order valence-electron chi connectivity index (χ0n) is 18.0. The van der Waals surface area contributed by atoms with Gasteiger partial charge in [0.1, 0.15) is 0 Å². The van der Waals surface area contributed by atoms with Crippen LogP contribution in [0.3, 0.4) is 0 Å². The normalized spacial score (nSPS) is 18.5. The van der Waals surface area contributed by atoms with E-state index in [4.69, 9.17) is 10.5 Å². The lowest BCUT2D eigenvalue weighted by atomic mass is 10.2. The van der Waals surface area contributed by atoms with Crippen LogP contribution in [0.25, 0.3) is 11.7 Å². The molecule has 1 aliphatic heterocycles. The zero-order valence-corrected chi connectivity index (χ0v) is 18.8. The number of nitrogen functional groups attached to an aromatic ring is 1. The molecule has 178 valence electrons. The van der Waals surface area contributed by atoms with Gasteiger partial charge in [-0.3, -0.25) is 19.0 Å². The van der Waals surface area contributed by atoms with Crippen molar-refractivity contribution < 1.29 is 19.4 Å². The second-order valence-electron chi connectivity index (χ2n) is 8.61. The maximum Gasteiger partial charge on any atom is 0.270 e. The summed E-state index contributed by atoms with van der Waals surface area (Å²) in [5, 5.41) is 17.7. The fourth-order valence-electron chi connectivity index (χ4n) is 3.89. The van der Waals surface area contributed by atoms with E-state index in [-0.39, 0.29) is 41.4 Å².